The van der Waals surface area contributed by atoms with Crippen molar-refractivity contribution in [2.75, 3.05) is 0 Å². The molecule has 5 heteroatoms. The minimum atomic E-state index is -0.308. The number of hydrogen-bond acceptors (Lipinski definition) is 5. The molecule has 0 fully saturated rings. The first-order valence-corrected chi connectivity index (χ1v) is 9.74. The zero-order chi connectivity index (χ0) is 19.4. The highest BCUT2D eigenvalue weighted by Crippen LogP contribution is 2.23. The Bertz CT molecular complexity index is 507. The van der Waals surface area contributed by atoms with Gasteiger partial charge >= 0.3 is 5.97 Å². The lowest BCUT2D eigenvalue weighted by molar-refractivity contribution is -0.146. The number of rotatable bonds is 13. The summed E-state index contributed by atoms with van der Waals surface area (Å²) in [6.45, 7) is 3.23. The van der Waals surface area contributed by atoms with Crippen LogP contribution in [0.25, 0.3) is 0 Å². The van der Waals surface area contributed by atoms with Crippen molar-refractivity contribution in [2.45, 2.75) is 90.3 Å². The minimum Gasteiger partial charge on any atom is -0.508 e. The first kappa shape index (κ1) is 22.3. The summed E-state index contributed by atoms with van der Waals surface area (Å²) in [5.41, 5.74) is 0.756. The highest BCUT2D eigenvalue weighted by molar-refractivity contribution is 5.66. The molecule has 0 heterocycles. The fourth-order valence-corrected chi connectivity index (χ4v) is 3.17. The second-order valence-corrected chi connectivity index (χ2v) is 7.19. The van der Waals surface area contributed by atoms with Crippen LogP contribution in [0.1, 0.15) is 77.2 Å². The summed E-state index contributed by atoms with van der Waals surface area (Å²) >= 11 is 0. The third kappa shape index (κ3) is 11.0. The Morgan fingerprint density at radius 2 is 1.42 bits per heavy atom. The first-order valence-electron chi connectivity index (χ1n) is 9.74. The van der Waals surface area contributed by atoms with Crippen LogP contribution < -0.4 is 0 Å². The van der Waals surface area contributed by atoms with Gasteiger partial charge in [-0.25, -0.2) is 0 Å². The van der Waals surface area contributed by atoms with Crippen molar-refractivity contribution in [3.05, 3.63) is 23.8 Å². The van der Waals surface area contributed by atoms with Gasteiger partial charge in [0.1, 0.15) is 17.6 Å². The lowest BCUT2D eigenvalue weighted by Gasteiger charge is -2.17. The van der Waals surface area contributed by atoms with Crippen LogP contribution >= 0.6 is 0 Å². The number of aliphatic hydroxyl groups is 1. The molecule has 5 nitrogen and oxygen atoms in total. The van der Waals surface area contributed by atoms with E-state index in [4.69, 9.17) is 4.74 Å². The van der Waals surface area contributed by atoms with Gasteiger partial charge in [0.05, 0.1) is 6.10 Å². The van der Waals surface area contributed by atoms with E-state index in [-0.39, 0.29) is 29.7 Å². The largest absolute Gasteiger partial charge is 0.508 e. The predicted octanol–water partition coefficient (Wildman–Crippen LogP) is 4.46. The number of aromatic hydroxyl groups is 2. The fourth-order valence-electron chi connectivity index (χ4n) is 3.17. The zero-order valence-electron chi connectivity index (χ0n) is 16.1. The summed E-state index contributed by atoms with van der Waals surface area (Å²) in [6, 6.07) is 4.46. The van der Waals surface area contributed by atoms with E-state index in [1.54, 1.807) is 12.1 Å². The Hall–Kier alpha value is -1.75. The summed E-state index contributed by atoms with van der Waals surface area (Å²) < 4.78 is 5.39. The fraction of sp³-hybridized carbons (Fsp3) is 0.667. The van der Waals surface area contributed by atoms with Crippen LogP contribution in [0, 0.1) is 0 Å². The van der Waals surface area contributed by atoms with Gasteiger partial charge in [-0.15, -0.1) is 0 Å². The van der Waals surface area contributed by atoms with Gasteiger partial charge < -0.3 is 20.1 Å². The number of ether oxygens (including phenoxy) is 1. The lowest BCUT2D eigenvalue weighted by Crippen LogP contribution is -2.19. The molecule has 0 radical (unpaired) electrons. The van der Waals surface area contributed by atoms with Gasteiger partial charge in [0.25, 0.3) is 0 Å². The molecule has 0 bridgehead atoms. The normalized spacial score (nSPS) is 13.3. The molecule has 1 rings (SSSR count). The van der Waals surface area contributed by atoms with Crippen LogP contribution in [-0.2, 0) is 16.0 Å². The molecule has 0 amide bonds. The Labute approximate surface area is 157 Å². The molecule has 0 aliphatic heterocycles. The predicted molar refractivity (Wildman–Crippen MR) is 102 cm³/mol. The SMILES string of the molecule is CC(=O)O[C@@H](CCCCCCCCC[C@H](C)O)Cc1cc(O)cc(O)c1. The minimum absolute atomic E-state index is 0.0113. The number of phenolic OH excluding ortho intramolecular Hbond substituents is 2. The average molecular weight is 366 g/mol. The van der Waals surface area contributed by atoms with Crippen LogP contribution in [0.2, 0.25) is 0 Å². The molecule has 0 saturated carbocycles. The molecule has 1 aromatic rings. The lowest BCUT2D eigenvalue weighted by atomic mass is 10.0. The van der Waals surface area contributed by atoms with E-state index in [0.717, 1.165) is 44.1 Å². The van der Waals surface area contributed by atoms with Gasteiger partial charge in [0, 0.05) is 19.4 Å². The van der Waals surface area contributed by atoms with Gasteiger partial charge in [-0.2, -0.15) is 0 Å². The van der Waals surface area contributed by atoms with Crippen molar-refractivity contribution in [1.29, 1.82) is 0 Å². The Morgan fingerprint density at radius 1 is 0.923 bits per heavy atom. The number of esters is 1. The summed E-state index contributed by atoms with van der Waals surface area (Å²) in [6.07, 6.45) is 9.60. The smallest absolute Gasteiger partial charge is 0.302 e. The highest BCUT2D eigenvalue weighted by Gasteiger charge is 2.14. The monoisotopic (exact) mass is 366 g/mol. The number of aliphatic hydroxyl groups excluding tert-OH is 1. The molecular weight excluding hydrogens is 332 g/mol. The van der Waals surface area contributed by atoms with E-state index in [9.17, 15) is 20.1 Å². The number of benzene rings is 1. The average Bonchev–Trinajstić information content (AvgIpc) is 2.51. The van der Waals surface area contributed by atoms with Gasteiger partial charge in [-0.05, 0) is 43.9 Å². The molecule has 0 spiro atoms. The van der Waals surface area contributed by atoms with E-state index in [1.165, 1.54) is 32.3 Å². The van der Waals surface area contributed by atoms with Crippen LogP contribution in [0.15, 0.2) is 18.2 Å². The summed E-state index contributed by atoms with van der Waals surface area (Å²) in [7, 11) is 0. The van der Waals surface area contributed by atoms with Crippen molar-refractivity contribution in [3.63, 3.8) is 0 Å². The van der Waals surface area contributed by atoms with E-state index in [1.807, 2.05) is 6.92 Å². The first-order chi connectivity index (χ1) is 12.4. The molecule has 3 N–H and O–H groups in total. The van der Waals surface area contributed by atoms with E-state index in [2.05, 4.69) is 0 Å². The van der Waals surface area contributed by atoms with Crippen LogP contribution in [0.4, 0.5) is 0 Å². The molecular formula is C21H34O5. The van der Waals surface area contributed by atoms with Crippen LogP contribution in [-0.4, -0.2) is 33.5 Å². The van der Waals surface area contributed by atoms with Gasteiger partial charge in [-0.1, -0.05) is 38.5 Å². The topological polar surface area (TPSA) is 87.0 Å². The van der Waals surface area contributed by atoms with Gasteiger partial charge in [0.15, 0.2) is 0 Å². The van der Waals surface area contributed by atoms with Crippen LogP contribution in [0.3, 0.4) is 0 Å². The van der Waals surface area contributed by atoms with E-state index >= 15 is 0 Å². The van der Waals surface area contributed by atoms with Crippen molar-refractivity contribution in [1.82, 2.24) is 0 Å². The Balaban J connectivity index is 2.27. The Morgan fingerprint density at radius 3 is 1.92 bits per heavy atom. The molecule has 0 aliphatic rings. The van der Waals surface area contributed by atoms with E-state index < -0.39 is 0 Å². The second kappa shape index (κ2) is 12.6. The number of carbonyl (C=O) groups excluding carboxylic acids is 1. The van der Waals surface area contributed by atoms with Gasteiger partial charge in [0.2, 0.25) is 0 Å². The summed E-state index contributed by atoms with van der Waals surface area (Å²) in [5, 5.41) is 28.4. The molecule has 0 aliphatic carbocycles. The summed E-state index contributed by atoms with van der Waals surface area (Å²) in [5.74, 6) is -0.285. The Kier molecular flexibility index (Phi) is 10.8. The molecule has 1 aromatic carbocycles. The van der Waals surface area contributed by atoms with Crippen molar-refractivity contribution >= 4 is 5.97 Å². The number of hydrogen-bond donors (Lipinski definition) is 3. The third-order valence-corrected chi connectivity index (χ3v) is 4.41. The highest BCUT2D eigenvalue weighted by atomic mass is 16.5. The van der Waals surface area contributed by atoms with Crippen molar-refractivity contribution in [2.24, 2.45) is 0 Å². The molecule has 26 heavy (non-hydrogen) atoms. The number of phenols is 2. The second-order valence-electron chi connectivity index (χ2n) is 7.19. The maximum atomic E-state index is 11.3. The zero-order valence-corrected chi connectivity index (χ0v) is 16.1. The van der Waals surface area contributed by atoms with Crippen molar-refractivity contribution < 1.29 is 24.9 Å². The molecule has 0 aromatic heterocycles. The molecule has 2 atom stereocenters. The quantitative estimate of drug-likeness (QED) is 0.354. The van der Waals surface area contributed by atoms with Crippen molar-refractivity contribution in [3.8, 4) is 11.5 Å². The number of carbonyl (C=O) groups is 1. The van der Waals surface area contributed by atoms with Crippen LogP contribution in [0.5, 0.6) is 11.5 Å². The maximum absolute atomic E-state index is 11.3. The molecule has 148 valence electrons. The third-order valence-electron chi connectivity index (χ3n) is 4.41. The van der Waals surface area contributed by atoms with Gasteiger partial charge in [-0.3, -0.25) is 4.79 Å². The maximum Gasteiger partial charge on any atom is 0.302 e. The molecule has 0 saturated heterocycles. The number of unbranched alkanes of at least 4 members (excludes halogenated alkanes) is 6. The standard InChI is InChI=1S/C21H34O5/c1-16(22)10-8-6-4-3-5-7-9-11-21(26-17(2)23)14-18-12-19(24)15-20(25)13-18/h12-13,15-16,21-22,24-25H,3-11,14H2,1-2H3/t16-,21-/m0/s1. The van der Waals surface area contributed by atoms with E-state index in [0.29, 0.717) is 6.42 Å². The molecule has 0 unspecified atom stereocenters. The summed E-state index contributed by atoms with van der Waals surface area (Å²) in [4.78, 5) is 11.3.